The van der Waals surface area contributed by atoms with Crippen LogP contribution in [0, 0.1) is 0 Å². The summed E-state index contributed by atoms with van der Waals surface area (Å²) in [5, 5.41) is 20.2. The summed E-state index contributed by atoms with van der Waals surface area (Å²) in [7, 11) is 0. The van der Waals surface area contributed by atoms with Crippen LogP contribution < -0.4 is 0 Å². The molecule has 2 N–H and O–H groups in total. The van der Waals surface area contributed by atoms with Crippen molar-refractivity contribution in [3.8, 4) is 0 Å². The second-order valence-electron chi connectivity index (χ2n) is 6.19. The monoisotopic (exact) mass is 463 g/mol. The summed E-state index contributed by atoms with van der Waals surface area (Å²) in [4.78, 5) is 37.5. The predicted molar refractivity (Wildman–Crippen MR) is 107 cm³/mol. The smallest absolute Gasteiger partial charge is 0.305 e. The van der Waals surface area contributed by atoms with E-state index in [9.17, 15) is 19.5 Å². The van der Waals surface area contributed by atoms with Crippen molar-refractivity contribution in [2.45, 2.75) is 12.5 Å². The van der Waals surface area contributed by atoms with Gasteiger partial charge in [-0.25, -0.2) is 0 Å². The number of nitrogens with zero attached hydrogens (tertiary/aromatic N) is 1. The number of amides is 1. The number of carbonyl (C=O) groups excluding carboxylic acids is 2. The number of aliphatic hydroxyl groups is 1. The molecule has 6 nitrogen and oxygen atoms in total. The van der Waals surface area contributed by atoms with Gasteiger partial charge in [0, 0.05) is 21.6 Å². The van der Waals surface area contributed by atoms with E-state index in [2.05, 4.69) is 15.9 Å². The summed E-state index contributed by atoms with van der Waals surface area (Å²) in [6.45, 7) is -0.155. The zero-order chi connectivity index (χ0) is 20.4. The van der Waals surface area contributed by atoms with E-state index < -0.39 is 23.7 Å². The Morgan fingerprint density at radius 1 is 1.04 bits per heavy atom. The highest BCUT2D eigenvalue weighted by Gasteiger charge is 2.46. The molecule has 144 valence electrons. The van der Waals surface area contributed by atoms with Gasteiger partial charge in [0.05, 0.1) is 18.0 Å². The van der Waals surface area contributed by atoms with Gasteiger partial charge in [-0.3, -0.25) is 14.4 Å². The standard InChI is InChI=1S/C20H15BrClNO5/c21-13-5-1-11(2-6-13)17-16(18(26)12-3-7-14(22)8-4-12)19(27)20(28)23(17)10-9-15(24)25/h1-8,17,26H,9-10H2,(H,24,25)/t17-/m1/s1. The number of aliphatic carboxylic acids is 1. The fraction of sp³-hybridized carbons (Fsp3) is 0.150. The molecule has 2 aromatic carbocycles. The molecule has 1 saturated heterocycles. The Morgan fingerprint density at radius 2 is 1.64 bits per heavy atom. The van der Waals surface area contributed by atoms with E-state index in [1.54, 1.807) is 48.5 Å². The summed E-state index contributed by atoms with van der Waals surface area (Å²) in [5.41, 5.74) is 0.839. The largest absolute Gasteiger partial charge is 0.507 e. The van der Waals surface area contributed by atoms with Crippen molar-refractivity contribution in [2.24, 2.45) is 0 Å². The van der Waals surface area contributed by atoms with Crippen molar-refractivity contribution in [2.75, 3.05) is 6.54 Å². The van der Waals surface area contributed by atoms with Crippen LogP contribution in [0.4, 0.5) is 0 Å². The van der Waals surface area contributed by atoms with E-state index >= 15 is 0 Å². The Balaban J connectivity index is 2.14. The van der Waals surface area contributed by atoms with Gasteiger partial charge in [-0.15, -0.1) is 0 Å². The van der Waals surface area contributed by atoms with Gasteiger partial charge in [-0.1, -0.05) is 39.7 Å². The summed E-state index contributed by atoms with van der Waals surface area (Å²) < 4.78 is 0.802. The first-order valence-corrected chi connectivity index (χ1v) is 9.48. The fourth-order valence-corrected chi connectivity index (χ4v) is 3.47. The first-order chi connectivity index (χ1) is 13.3. The summed E-state index contributed by atoms with van der Waals surface area (Å²) >= 11 is 9.21. The molecule has 0 aliphatic carbocycles. The highest BCUT2D eigenvalue weighted by molar-refractivity contribution is 9.10. The van der Waals surface area contributed by atoms with Gasteiger partial charge in [-0.05, 0) is 42.0 Å². The molecule has 0 radical (unpaired) electrons. The zero-order valence-corrected chi connectivity index (χ0v) is 16.8. The molecular weight excluding hydrogens is 450 g/mol. The molecule has 1 heterocycles. The number of aliphatic hydroxyl groups excluding tert-OH is 1. The highest BCUT2D eigenvalue weighted by Crippen LogP contribution is 2.39. The molecule has 0 spiro atoms. The molecule has 28 heavy (non-hydrogen) atoms. The van der Waals surface area contributed by atoms with E-state index in [0.29, 0.717) is 16.1 Å². The number of carbonyl (C=O) groups is 3. The van der Waals surface area contributed by atoms with Crippen LogP contribution in [0.3, 0.4) is 0 Å². The van der Waals surface area contributed by atoms with E-state index in [4.69, 9.17) is 16.7 Å². The van der Waals surface area contributed by atoms with Crippen molar-refractivity contribution >= 4 is 50.9 Å². The molecule has 0 bridgehead atoms. The minimum atomic E-state index is -1.09. The number of benzene rings is 2. The number of carboxylic acid groups (broad SMARTS) is 1. The van der Waals surface area contributed by atoms with Gasteiger partial charge in [0.1, 0.15) is 5.76 Å². The molecule has 1 fully saturated rings. The molecule has 1 aliphatic heterocycles. The number of hydrogen-bond acceptors (Lipinski definition) is 4. The molecule has 0 unspecified atom stereocenters. The average Bonchev–Trinajstić information content (AvgIpc) is 2.91. The van der Waals surface area contributed by atoms with Crippen molar-refractivity contribution in [3.05, 3.63) is 74.7 Å². The van der Waals surface area contributed by atoms with Crippen molar-refractivity contribution < 1.29 is 24.6 Å². The lowest BCUT2D eigenvalue weighted by Gasteiger charge is -2.24. The lowest BCUT2D eigenvalue weighted by atomic mass is 9.95. The van der Waals surface area contributed by atoms with Crippen LogP contribution in [0.2, 0.25) is 5.02 Å². The summed E-state index contributed by atoms with van der Waals surface area (Å²) in [6, 6.07) is 12.2. The Kier molecular flexibility index (Phi) is 5.86. The third-order valence-corrected chi connectivity index (χ3v) is 5.19. The average molecular weight is 465 g/mol. The third kappa shape index (κ3) is 3.95. The number of hydrogen-bond donors (Lipinski definition) is 2. The Morgan fingerprint density at radius 3 is 2.21 bits per heavy atom. The lowest BCUT2D eigenvalue weighted by Crippen LogP contribution is -2.31. The van der Waals surface area contributed by atoms with E-state index in [1.165, 1.54) is 4.90 Å². The van der Waals surface area contributed by atoms with Gasteiger partial charge < -0.3 is 15.1 Å². The minimum absolute atomic E-state index is 0.0833. The Bertz CT molecular complexity index is 969. The van der Waals surface area contributed by atoms with Gasteiger partial charge in [-0.2, -0.15) is 0 Å². The molecule has 2 aromatic rings. The summed E-state index contributed by atoms with van der Waals surface area (Å²) in [6.07, 6.45) is -0.318. The predicted octanol–water partition coefficient (Wildman–Crippen LogP) is 4.00. The number of likely N-dealkylation sites (tertiary alicyclic amines) is 1. The Labute approximate surface area is 174 Å². The quantitative estimate of drug-likeness (QED) is 0.396. The molecule has 1 aliphatic rings. The number of halogens is 2. The second kappa shape index (κ2) is 8.16. The van der Waals surface area contributed by atoms with Crippen LogP contribution >= 0.6 is 27.5 Å². The Hall–Kier alpha value is -2.64. The maximum absolute atomic E-state index is 12.7. The number of ketones is 1. The SMILES string of the molecule is O=C(O)CCN1C(=O)C(=O)C(=C(O)c2ccc(Cl)cc2)[C@H]1c1ccc(Br)cc1. The van der Waals surface area contributed by atoms with Crippen molar-refractivity contribution in [1.82, 2.24) is 4.90 Å². The van der Waals surface area contributed by atoms with Crippen molar-refractivity contribution in [3.63, 3.8) is 0 Å². The molecule has 0 aromatic heterocycles. The fourth-order valence-electron chi connectivity index (χ4n) is 3.08. The normalized spacial score (nSPS) is 18.5. The molecule has 0 saturated carbocycles. The molecule has 3 rings (SSSR count). The van der Waals surface area contributed by atoms with Gasteiger partial charge >= 0.3 is 5.97 Å². The second-order valence-corrected chi connectivity index (χ2v) is 7.55. The lowest BCUT2D eigenvalue weighted by molar-refractivity contribution is -0.142. The first-order valence-electron chi connectivity index (χ1n) is 8.31. The van der Waals surface area contributed by atoms with Crippen LogP contribution in [0.15, 0.2) is 58.6 Å². The molecular formula is C20H15BrClNO5. The van der Waals surface area contributed by atoms with Gasteiger partial charge in [0.25, 0.3) is 11.7 Å². The first kappa shape index (κ1) is 20.1. The minimum Gasteiger partial charge on any atom is -0.507 e. The van der Waals surface area contributed by atoms with E-state index in [1.807, 2.05) is 0 Å². The van der Waals surface area contributed by atoms with Crippen LogP contribution in [-0.4, -0.2) is 39.3 Å². The topological polar surface area (TPSA) is 94.9 Å². The van der Waals surface area contributed by atoms with E-state index in [-0.39, 0.29) is 24.3 Å². The van der Waals surface area contributed by atoms with Gasteiger partial charge in [0.2, 0.25) is 0 Å². The van der Waals surface area contributed by atoms with Gasteiger partial charge in [0.15, 0.2) is 0 Å². The maximum atomic E-state index is 12.7. The van der Waals surface area contributed by atoms with E-state index in [0.717, 1.165) is 4.47 Å². The van der Waals surface area contributed by atoms with Crippen LogP contribution in [0.25, 0.3) is 5.76 Å². The molecule has 1 atom stereocenters. The zero-order valence-electron chi connectivity index (χ0n) is 14.4. The number of carboxylic acids is 1. The van der Waals surface area contributed by atoms with Crippen LogP contribution in [-0.2, 0) is 14.4 Å². The number of rotatable bonds is 5. The summed E-state index contributed by atoms with van der Waals surface area (Å²) in [5.74, 6) is -3.12. The van der Waals surface area contributed by atoms with Crippen LogP contribution in [0.1, 0.15) is 23.6 Å². The maximum Gasteiger partial charge on any atom is 0.305 e. The molecule has 1 amide bonds. The van der Waals surface area contributed by atoms with Crippen LogP contribution in [0.5, 0.6) is 0 Å². The van der Waals surface area contributed by atoms with Crippen molar-refractivity contribution in [1.29, 1.82) is 0 Å². The number of Topliss-reactive ketones (excluding diaryl/α,β-unsaturated/α-hetero) is 1. The molecule has 8 heteroatoms. The highest BCUT2D eigenvalue weighted by atomic mass is 79.9. The third-order valence-electron chi connectivity index (χ3n) is 4.41.